The van der Waals surface area contributed by atoms with Gasteiger partial charge in [-0.1, -0.05) is 17.9 Å². The summed E-state index contributed by atoms with van der Waals surface area (Å²) in [6.07, 6.45) is 2.00. The van der Waals surface area contributed by atoms with Crippen molar-refractivity contribution < 1.29 is 9.90 Å². The summed E-state index contributed by atoms with van der Waals surface area (Å²) in [6.45, 7) is 0.360. The van der Waals surface area contributed by atoms with Gasteiger partial charge < -0.3 is 10.4 Å². The molecule has 1 aromatic carbocycles. The second kappa shape index (κ2) is 7.78. The van der Waals surface area contributed by atoms with Crippen LogP contribution in [0.4, 0.5) is 0 Å². The maximum absolute atomic E-state index is 12.1. The predicted molar refractivity (Wildman–Crippen MR) is 78.2 cm³/mol. The minimum absolute atomic E-state index is 0.0330. The smallest absolute Gasteiger partial charge is 0.251 e. The fourth-order valence-corrected chi connectivity index (χ4v) is 1.66. The SMILES string of the molecule is O=C(NCc1cccnn1)c1cccc(C#CCCO)c1. The molecule has 0 bridgehead atoms. The van der Waals surface area contributed by atoms with Crippen molar-refractivity contribution in [3.63, 3.8) is 0 Å². The number of aromatic nitrogens is 2. The first-order valence-electron chi connectivity index (χ1n) is 6.54. The van der Waals surface area contributed by atoms with Gasteiger partial charge in [0.2, 0.25) is 0 Å². The van der Waals surface area contributed by atoms with Crippen molar-refractivity contribution in [1.29, 1.82) is 0 Å². The molecule has 5 nitrogen and oxygen atoms in total. The molecule has 0 unspecified atom stereocenters. The van der Waals surface area contributed by atoms with Gasteiger partial charge in [-0.05, 0) is 30.3 Å². The lowest BCUT2D eigenvalue weighted by Gasteiger charge is -2.04. The van der Waals surface area contributed by atoms with E-state index in [4.69, 9.17) is 5.11 Å². The van der Waals surface area contributed by atoms with Gasteiger partial charge in [-0.25, -0.2) is 0 Å². The Bertz CT molecular complexity index is 660. The molecule has 1 heterocycles. The molecule has 0 atom stereocenters. The lowest BCUT2D eigenvalue weighted by molar-refractivity contribution is 0.0950. The van der Waals surface area contributed by atoms with Crippen LogP contribution in [0.15, 0.2) is 42.6 Å². The second-order valence-electron chi connectivity index (χ2n) is 4.25. The second-order valence-corrected chi connectivity index (χ2v) is 4.25. The number of nitrogens with zero attached hydrogens (tertiary/aromatic N) is 2. The summed E-state index contributed by atoms with van der Waals surface area (Å²) < 4.78 is 0. The van der Waals surface area contributed by atoms with Gasteiger partial charge >= 0.3 is 0 Å². The highest BCUT2D eigenvalue weighted by Crippen LogP contribution is 2.04. The third-order valence-electron chi connectivity index (χ3n) is 2.65. The van der Waals surface area contributed by atoms with E-state index in [2.05, 4.69) is 27.4 Å². The normalized spacial score (nSPS) is 9.57. The summed E-state index contributed by atoms with van der Waals surface area (Å²) in [5, 5.41) is 19.1. The molecule has 0 saturated heterocycles. The van der Waals surface area contributed by atoms with E-state index in [-0.39, 0.29) is 12.5 Å². The number of amides is 1. The molecule has 21 heavy (non-hydrogen) atoms. The number of benzene rings is 1. The van der Waals surface area contributed by atoms with Crippen LogP contribution in [0.2, 0.25) is 0 Å². The third-order valence-corrected chi connectivity index (χ3v) is 2.65. The fourth-order valence-electron chi connectivity index (χ4n) is 1.66. The Morgan fingerprint density at radius 3 is 2.95 bits per heavy atom. The Labute approximate surface area is 123 Å². The van der Waals surface area contributed by atoms with Crippen LogP contribution in [0.1, 0.15) is 28.0 Å². The van der Waals surface area contributed by atoms with E-state index in [0.717, 1.165) is 5.56 Å². The molecule has 5 heteroatoms. The number of hydrogen-bond donors (Lipinski definition) is 2. The number of aliphatic hydroxyl groups is 1. The van der Waals surface area contributed by atoms with E-state index >= 15 is 0 Å². The summed E-state index contributed by atoms with van der Waals surface area (Å²) in [6, 6.07) is 10.6. The average molecular weight is 281 g/mol. The van der Waals surface area contributed by atoms with Crippen LogP contribution in [-0.4, -0.2) is 27.8 Å². The van der Waals surface area contributed by atoms with Gasteiger partial charge in [0.25, 0.3) is 5.91 Å². The van der Waals surface area contributed by atoms with Gasteiger partial charge in [-0.2, -0.15) is 10.2 Å². The van der Waals surface area contributed by atoms with Crippen molar-refractivity contribution in [2.45, 2.75) is 13.0 Å². The summed E-state index contributed by atoms with van der Waals surface area (Å²) in [5.41, 5.74) is 1.98. The summed E-state index contributed by atoms with van der Waals surface area (Å²) in [4.78, 5) is 12.1. The zero-order valence-corrected chi connectivity index (χ0v) is 11.4. The molecule has 1 aromatic heterocycles. The quantitative estimate of drug-likeness (QED) is 0.824. The lowest BCUT2D eigenvalue weighted by Crippen LogP contribution is -2.23. The van der Waals surface area contributed by atoms with E-state index < -0.39 is 0 Å². The largest absolute Gasteiger partial charge is 0.395 e. The van der Waals surface area contributed by atoms with Gasteiger partial charge in [-0.15, -0.1) is 0 Å². The molecule has 0 aliphatic carbocycles. The highest BCUT2D eigenvalue weighted by molar-refractivity contribution is 5.94. The molecule has 2 rings (SSSR count). The first kappa shape index (κ1) is 14.7. The molecule has 106 valence electrons. The van der Waals surface area contributed by atoms with E-state index in [1.165, 1.54) is 0 Å². The third kappa shape index (κ3) is 4.71. The van der Waals surface area contributed by atoms with Gasteiger partial charge in [0, 0.05) is 23.7 Å². The van der Waals surface area contributed by atoms with Crippen LogP contribution in [-0.2, 0) is 6.54 Å². The fraction of sp³-hybridized carbons (Fsp3) is 0.188. The molecular formula is C16H15N3O2. The van der Waals surface area contributed by atoms with Gasteiger partial charge in [0.1, 0.15) is 0 Å². The molecular weight excluding hydrogens is 266 g/mol. The average Bonchev–Trinajstić information content (AvgIpc) is 2.54. The Kier molecular flexibility index (Phi) is 5.44. The highest BCUT2D eigenvalue weighted by Gasteiger charge is 2.05. The van der Waals surface area contributed by atoms with E-state index in [1.54, 1.807) is 36.5 Å². The Morgan fingerprint density at radius 1 is 1.29 bits per heavy atom. The highest BCUT2D eigenvalue weighted by atomic mass is 16.2. The van der Waals surface area contributed by atoms with Gasteiger partial charge in [-0.3, -0.25) is 4.79 Å². The van der Waals surface area contributed by atoms with E-state index in [0.29, 0.717) is 24.2 Å². The molecule has 0 saturated carbocycles. The standard InChI is InChI=1S/C16H15N3O2/c20-10-2-1-5-13-6-3-7-14(11-13)16(21)17-12-15-8-4-9-18-19-15/h3-4,6-9,11,20H,2,10,12H2,(H,17,21). The maximum Gasteiger partial charge on any atom is 0.251 e. The number of rotatable bonds is 4. The zero-order valence-electron chi connectivity index (χ0n) is 11.4. The lowest BCUT2D eigenvalue weighted by atomic mass is 10.1. The first-order chi connectivity index (χ1) is 10.3. The summed E-state index contributed by atoms with van der Waals surface area (Å²) >= 11 is 0. The molecule has 0 fully saturated rings. The number of aliphatic hydroxyl groups excluding tert-OH is 1. The first-order valence-corrected chi connectivity index (χ1v) is 6.54. The maximum atomic E-state index is 12.1. The monoisotopic (exact) mass is 281 g/mol. The van der Waals surface area contributed by atoms with E-state index in [9.17, 15) is 4.79 Å². The zero-order chi connectivity index (χ0) is 14.9. The van der Waals surface area contributed by atoms with Crippen LogP contribution in [0, 0.1) is 11.8 Å². The van der Waals surface area contributed by atoms with Crippen LogP contribution in [0.25, 0.3) is 0 Å². The molecule has 0 aliphatic heterocycles. The Hall–Kier alpha value is -2.71. The predicted octanol–water partition coefficient (Wildman–Crippen LogP) is 1.14. The van der Waals surface area contributed by atoms with Crippen LogP contribution in [0.5, 0.6) is 0 Å². The molecule has 0 aliphatic rings. The van der Waals surface area contributed by atoms with Crippen molar-refractivity contribution in [2.24, 2.45) is 0 Å². The van der Waals surface area contributed by atoms with Crippen molar-refractivity contribution in [3.05, 3.63) is 59.4 Å². The summed E-state index contributed by atoms with van der Waals surface area (Å²) in [5.74, 6) is 5.54. The van der Waals surface area contributed by atoms with Crippen molar-refractivity contribution >= 4 is 5.91 Å². The van der Waals surface area contributed by atoms with Crippen LogP contribution >= 0.6 is 0 Å². The van der Waals surface area contributed by atoms with Gasteiger partial charge in [0.05, 0.1) is 18.8 Å². The summed E-state index contributed by atoms with van der Waals surface area (Å²) in [7, 11) is 0. The molecule has 0 radical (unpaired) electrons. The van der Waals surface area contributed by atoms with Crippen LogP contribution < -0.4 is 5.32 Å². The van der Waals surface area contributed by atoms with E-state index in [1.807, 2.05) is 6.07 Å². The molecule has 2 aromatic rings. The number of carbonyl (C=O) groups excluding carboxylic acids is 1. The minimum atomic E-state index is -0.188. The Balaban J connectivity index is 1.99. The topological polar surface area (TPSA) is 75.1 Å². The van der Waals surface area contributed by atoms with Gasteiger partial charge in [0.15, 0.2) is 0 Å². The number of carbonyl (C=O) groups is 1. The minimum Gasteiger partial charge on any atom is -0.395 e. The molecule has 1 amide bonds. The van der Waals surface area contributed by atoms with Crippen molar-refractivity contribution in [2.75, 3.05) is 6.61 Å². The number of hydrogen-bond acceptors (Lipinski definition) is 4. The number of nitrogens with one attached hydrogen (secondary N) is 1. The molecule has 0 spiro atoms. The van der Waals surface area contributed by atoms with Crippen LogP contribution in [0.3, 0.4) is 0 Å². The Morgan fingerprint density at radius 2 is 2.19 bits per heavy atom. The van der Waals surface area contributed by atoms with Crippen molar-refractivity contribution in [3.8, 4) is 11.8 Å². The molecule has 2 N–H and O–H groups in total. The van der Waals surface area contributed by atoms with Crippen molar-refractivity contribution in [1.82, 2.24) is 15.5 Å².